The van der Waals surface area contributed by atoms with Crippen molar-refractivity contribution in [2.45, 2.75) is 51.6 Å². The molecular formula is C72H80N8O12S4. The number of sulfone groups is 2. The minimum atomic E-state index is -4.02. The molecule has 8 aromatic carbocycles. The van der Waals surface area contributed by atoms with Gasteiger partial charge in [-0.2, -0.15) is 16.8 Å². The van der Waals surface area contributed by atoms with Crippen molar-refractivity contribution < 1.29 is 51.5 Å². The molecule has 24 heteroatoms. The summed E-state index contributed by atoms with van der Waals surface area (Å²) in [5, 5.41) is 12.0. The summed E-state index contributed by atoms with van der Waals surface area (Å²) in [6.45, 7) is 9.64. The zero-order chi connectivity index (χ0) is 69.6. The Labute approximate surface area is 565 Å². The normalized spacial score (nSPS) is 11.7. The van der Waals surface area contributed by atoms with E-state index in [9.17, 15) is 33.7 Å². The lowest BCUT2D eigenvalue weighted by Crippen LogP contribution is -2.34. The van der Waals surface area contributed by atoms with Gasteiger partial charge in [0.15, 0.2) is 0 Å². The van der Waals surface area contributed by atoms with Crippen molar-refractivity contribution in [3.05, 3.63) is 262 Å². The number of nitrogens with zero attached hydrogens (tertiary/aromatic N) is 8. The number of benzene rings is 8. The number of terminal acetylenes is 1. The first-order chi connectivity index (χ1) is 45.6. The highest BCUT2D eigenvalue weighted by atomic mass is 32.2. The van der Waals surface area contributed by atoms with Gasteiger partial charge in [-0.05, 0) is 118 Å². The number of ether oxygens (including phenoxy) is 2. The topological polar surface area (TPSA) is 259 Å². The molecule has 9 aromatic rings. The molecule has 0 aliphatic rings. The zero-order valence-corrected chi connectivity index (χ0v) is 58.2. The van der Waals surface area contributed by atoms with Crippen molar-refractivity contribution in [3.8, 4) is 46.6 Å². The van der Waals surface area contributed by atoms with Gasteiger partial charge >= 0.3 is 20.2 Å². The third-order valence-electron chi connectivity index (χ3n) is 15.7. The lowest BCUT2D eigenvalue weighted by atomic mass is 9.78. The number of aromatic nitrogens is 3. The van der Waals surface area contributed by atoms with Crippen LogP contribution in [-0.2, 0) is 63.8 Å². The first kappa shape index (κ1) is 73.8. The lowest BCUT2D eigenvalue weighted by molar-refractivity contribution is 0.414. The maximum atomic E-state index is 13.1. The van der Waals surface area contributed by atoms with Crippen molar-refractivity contribution in [1.29, 1.82) is 0 Å². The second-order valence-electron chi connectivity index (χ2n) is 23.6. The van der Waals surface area contributed by atoms with E-state index in [2.05, 4.69) is 54.0 Å². The summed E-state index contributed by atoms with van der Waals surface area (Å²) < 4.78 is 123. The molecule has 0 unspecified atom stereocenters. The molecule has 0 aliphatic carbocycles. The molecule has 0 amide bonds. The predicted octanol–water partition coefficient (Wildman–Crippen LogP) is 12.3. The smallest absolute Gasteiger partial charge is 0.310 e. The van der Waals surface area contributed by atoms with Crippen LogP contribution in [0.15, 0.2) is 218 Å². The molecule has 0 saturated carbocycles. The van der Waals surface area contributed by atoms with Gasteiger partial charge in [-0.3, -0.25) is 0 Å². The van der Waals surface area contributed by atoms with E-state index < -0.39 is 39.9 Å². The van der Waals surface area contributed by atoms with Gasteiger partial charge in [0.1, 0.15) is 59.9 Å². The van der Waals surface area contributed by atoms with Crippen molar-refractivity contribution in [1.82, 2.24) is 15.0 Å². The molecule has 0 spiro atoms. The molecule has 504 valence electrons. The van der Waals surface area contributed by atoms with Crippen LogP contribution in [0, 0.1) is 12.3 Å². The number of anilines is 2. The quantitative estimate of drug-likeness (QED) is 0.0139. The van der Waals surface area contributed by atoms with Crippen LogP contribution in [0.2, 0.25) is 0 Å². The third kappa shape index (κ3) is 23.1. The van der Waals surface area contributed by atoms with Crippen LogP contribution in [0.5, 0.6) is 23.0 Å². The summed E-state index contributed by atoms with van der Waals surface area (Å²) in [7, 11) is -11.3. The summed E-state index contributed by atoms with van der Waals surface area (Å²) in [4.78, 5) is 6.08. The fourth-order valence-corrected chi connectivity index (χ4v) is 12.9. The first-order valence-electron chi connectivity index (χ1n) is 30.4. The maximum Gasteiger partial charge on any atom is 0.310 e. The summed E-state index contributed by atoms with van der Waals surface area (Å²) in [6, 6.07) is 63.5. The molecule has 0 bridgehead atoms. The van der Waals surface area contributed by atoms with Gasteiger partial charge in [0.05, 0.1) is 45.0 Å². The monoisotopic (exact) mass is 1380 g/mol. The molecule has 9 rings (SSSR count). The molecule has 1 heterocycles. The average Bonchev–Trinajstić information content (AvgIpc) is 0.904. The van der Waals surface area contributed by atoms with E-state index in [1.165, 1.54) is 0 Å². The molecule has 0 atom stereocenters. The van der Waals surface area contributed by atoms with E-state index in [1.54, 1.807) is 77.2 Å². The summed E-state index contributed by atoms with van der Waals surface area (Å²) >= 11 is 0. The highest BCUT2D eigenvalue weighted by molar-refractivity contribution is 7.91. The van der Waals surface area contributed by atoms with Crippen molar-refractivity contribution in [3.63, 3.8) is 0 Å². The predicted molar refractivity (Wildman–Crippen MR) is 380 cm³/mol. The second kappa shape index (κ2) is 33.7. The number of rotatable bonds is 29. The van der Waals surface area contributed by atoms with Gasteiger partial charge < -0.3 is 27.6 Å². The fourth-order valence-electron chi connectivity index (χ4n) is 9.95. The van der Waals surface area contributed by atoms with E-state index in [1.807, 2.05) is 164 Å². The van der Waals surface area contributed by atoms with Crippen LogP contribution >= 0.6 is 0 Å². The Morgan fingerprint density at radius 2 is 0.906 bits per heavy atom. The van der Waals surface area contributed by atoms with Crippen molar-refractivity contribution in [2.75, 3.05) is 85.7 Å². The lowest BCUT2D eigenvalue weighted by Gasteiger charge is -2.26. The van der Waals surface area contributed by atoms with Gasteiger partial charge in [-0.15, -0.1) is 11.5 Å². The van der Waals surface area contributed by atoms with Crippen LogP contribution in [0.25, 0.3) is 21.7 Å². The van der Waals surface area contributed by atoms with Crippen LogP contribution in [-0.4, -0.2) is 125 Å². The van der Waals surface area contributed by atoms with E-state index in [0.717, 1.165) is 63.0 Å². The molecule has 1 aromatic heterocycles. The summed E-state index contributed by atoms with van der Waals surface area (Å²) in [5.74, 6) is 3.53. The molecule has 20 nitrogen and oxygen atoms in total. The SMILES string of the molecule is C#Cc1cccc(N(CCS(C)(=O)=O)CCS(=O)(=O)Oc2ccc(C(C)(C)c3ccc(OC)cc3)cc2)c1.COc1ccc(C(C)(C)c2ccc(OS(=O)(=O)CCN(CCS(C)(=O)=O)c3cccc(-c4cn(Cc5ccccc5)nn4)c3)cc2)cc1.[N-]=[N+]=NCc1ccccc1. The molecule has 0 saturated heterocycles. The average molecular weight is 1380 g/mol. The zero-order valence-electron chi connectivity index (χ0n) is 55.0. The highest BCUT2D eigenvalue weighted by Gasteiger charge is 2.27. The second-order valence-corrected chi connectivity index (χ2v) is 31.5. The van der Waals surface area contributed by atoms with E-state index in [0.29, 0.717) is 35.7 Å². The Balaban J connectivity index is 0.000000241. The van der Waals surface area contributed by atoms with Gasteiger partial charge in [0.2, 0.25) is 0 Å². The van der Waals surface area contributed by atoms with Crippen LogP contribution in [0.3, 0.4) is 0 Å². The summed E-state index contributed by atoms with van der Waals surface area (Å²) in [5.41, 5.74) is 16.9. The van der Waals surface area contributed by atoms with Crippen LogP contribution in [0.1, 0.15) is 66.6 Å². The largest absolute Gasteiger partial charge is 0.497 e. The van der Waals surface area contributed by atoms with Gasteiger partial charge in [0.25, 0.3) is 0 Å². The van der Waals surface area contributed by atoms with Crippen molar-refractivity contribution in [2.24, 2.45) is 5.11 Å². The van der Waals surface area contributed by atoms with E-state index in [4.69, 9.17) is 29.8 Å². The van der Waals surface area contributed by atoms with E-state index in [-0.39, 0.29) is 71.5 Å². The molecule has 0 N–H and O–H groups in total. The fraction of sp³-hybridized carbons (Fsp3) is 0.278. The third-order valence-corrected chi connectivity index (χ3v) is 19.8. The van der Waals surface area contributed by atoms with Gasteiger partial charge in [-0.25, -0.2) is 21.5 Å². The minimum Gasteiger partial charge on any atom is -0.497 e. The Kier molecular flexibility index (Phi) is 25.9. The Bertz CT molecular complexity index is 4550. The van der Waals surface area contributed by atoms with Crippen LogP contribution in [0.4, 0.5) is 11.4 Å². The van der Waals surface area contributed by atoms with E-state index >= 15 is 0 Å². The first-order valence-corrected chi connectivity index (χ1v) is 37.7. The molecular weight excluding hydrogens is 1300 g/mol. The minimum absolute atomic E-state index is 0.0184. The highest BCUT2D eigenvalue weighted by Crippen LogP contribution is 2.36. The number of methoxy groups -OCH3 is 2. The van der Waals surface area contributed by atoms with Gasteiger partial charge in [-0.1, -0.05) is 171 Å². The Morgan fingerprint density at radius 3 is 1.31 bits per heavy atom. The molecule has 0 fully saturated rings. The summed E-state index contributed by atoms with van der Waals surface area (Å²) in [6.07, 6.45) is 9.63. The maximum absolute atomic E-state index is 13.1. The Hall–Kier alpha value is -9.63. The molecule has 0 aliphatic heterocycles. The molecule has 0 radical (unpaired) electrons. The van der Waals surface area contributed by atoms with Gasteiger partial charge in [0, 0.05) is 76.9 Å². The number of hydrogen-bond acceptors (Lipinski definition) is 17. The van der Waals surface area contributed by atoms with Crippen molar-refractivity contribution >= 4 is 51.3 Å². The number of azide groups is 1. The van der Waals surface area contributed by atoms with Crippen LogP contribution < -0.4 is 27.6 Å². The number of hydrogen-bond donors (Lipinski definition) is 0. The Morgan fingerprint density at radius 1 is 0.510 bits per heavy atom. The standard InChI is InChI=1S/C36H40N4O6S2.C29H33NO6S2.C7H7N3/c1-36(2,30-13-17-33(45-3)18-14-30)31-15-19-34(20-16-31)46-48(43,44)24-22-39(21-23-47(4,41)42)32-12-8-11-29(25-32)35-27-40(38-37-35)26-28-9-6-5-7-10-28;1-6-23-8-7-9-26(22-23)30(18-20-37(5,31)32)19-21-38(33,34)36-28-16-12-25(13-17-28)29(2,3)24-10-14-27(35-4)15-11-24;8-10-9-6-7-4-2-1-3-5-7/h5-20,25,27H,21-24,26H2,1-4H3;1,7-17,22H,18-21H2,2-5H3;1-5H,6H2. The molecule has 96 heavy (non-hydrogen) atoms.